The maximum atomic E-state index is 9.52. The van der Waals surface area contributed by atoms with E-state index in [0.717, 1.165) is 14.6 Å². The number of aromatic hydroxyl groups is 1. The van der Waals surface area contributed by atoms with Crippen molar-refractivity contribution in [3.63, 3.8) is 0 Å². The van der Waals surface area contributed by atoms with E-state index < -0.39 is 0 Å². The maximum Gasteiger partial charge on any atom is 0.127 e. The van der Waals surface area contributed by atoms with E-state index in [4.69, 9.17) is 5.73 Å². The third-order valence-corrected chi connectivity index (χ3v) is 3.05. The van der Waals surface area contributed by atoms with Gasteiger partial charge in [0.15, 0.2) is 0 Å². The maximum absolute atomic E-state index is 9.52. The van der Waals surface area contributed by atoms with E-state index in [1.807, 2.05) is 11.4 Å². The predicted molar refractivity (Wildman–Crippen MR) is 55.6 cm³/mol. The molecule has 0 atom stereocenters. The monoisotopic (exact) mass is 243 g/mol. The highest BCUT2D eigenvalue weighted by Crippen LogP contribution is 2.37. The van der Waals surface area contributed by atoms with Crippen LogP contribution in [-0.4, -0.2) is 5.11 Å². The highest BCUT2D eigenvalue weighted by Gasteiger charge is 2.06. The standard InChI is InChI=1S/C8H6BrNOS/c9-4-1-6(11)8-5(10)3-12-7(8)2-4/h1-3,11H,10H2. The predicted octanol–water partition coefficient (Wildman–Crippen LogP) is 2.95. The summed E-state index contributed by atoms with van der Waals surface area (Å²) in [6, 6.07) is 3.58. The Labute approximate surface area is 81.8 Å². The van der Waals surface area contributed by atoms with E-state index in [2.05, 4.69) is 15.9 Å². The fourth-order valence-electron chi connectivity index (χ4n) is 1.14. The van der Waals surface area contributed by atoms with E-state index in [1.165, 1.54) is 11.3 Å². The largest absolute Gasteiger partial charge is 0.507 e. The molecule has 1 aromatic heterocycles. The van der Waals surface area contributed by atoms with Crippen molar-refractivity contribution in [1.29, 1.82) is 0 Å². The topological polar surface area (TPSA) is 46.2 Å². The Kier molecular flexibility index (Phi) is 1.73. The summed E-state index contributed by atoms with van der Waals surface area (Å²) in [5.41, 5.74) is 6.30. The minimum Gasteiger partial charge on any atom is -0.507 e. The highest BCUT2D eigenvalue weighted by molar-refractivity contribution is 9.10. The van der Waals surface area contributed by atoms with Crippen molar-refractivity contribution in [1.82, 2.24) is 0 Å². The molecule has 0 unspecified atom stereocenters. The van der Waals surface area contributed by atoms with Crippen LogP contribution in [0.5, 0.6) is 5.75 Å². The van der Waals surface area contributed by atoms with Gasteiger partial charge in [0, 0.05) is 14.6 Å². The van der Waals surface area contributed by atoms with Crippen molar-refractivity contribution in [3.8, 4) is 5.75 Å². The second kappa shape index (κ2) is 2.64. The molecule has 0 fully saturated rings. The molecule has 2 nitrogen and oxygen atoms in total. The molecule has 0 radical (unpaired) electrons. The van der Waals surface area contributed by atoms with Gasteiger partial charge in [-0.3, -0.25) is 0 Å². The first-order valence-corrected chi connectivity index (χ1v) is 5.01. The van der Waals surface area contributed by atoms with Gasteiger partial charge in [0.05, 0.1) is 11.1 Å². The molecule has 0 saturated carbocycles. The van der Waals surface area contributed by atoms with Crippen LogP contribution in [0.3, 0.4) is 0 Å². The van der Waals surface area contributed by atoms with Gasteiger partial charge in [-0.15, -0.1) is 11.3 Å². The lowest BCUT2D eigenvalue weighted by Gasteiger charge is -1.97. The molecular weight excluding hydrogens is 238 g/mol. The number of benzene rings is 1. The Hall–Kier alpha value is -0.740. The zero-order valence-electron chi connectivity index (χ0n) is 6.04. The number of anilines is 1. The minimum absolute atomic E-state index is 0.234. The Balaban J connectivity index is 2.93. The summed E-state index contributed by atoms with van der Waals surface area (Å²) in [6.45, 7) is 0. The Morgan fingerprint density at radius 2 is 2.17 bits per heavy atom. The van der Waals surface area contributed by atoms with Gasteiger partial charge in [-0.1, -0.05) is 15.9 Å². The number of phenols is 1. The van der Waals surface area contributed by atoms with E-state index in [9.17, 15) is 5.11 Å². The van der Waals surface area contributed by atoms with Crippen molar-refractivity contribution < 1.29 is 5.11 Å². The van der Waals surface area contributed by atoms with E-state index in [1.54, 1.807) is 6.07 Å². The van der Waals surface area contributed by atoms with Crippen LogP contribution < -0.4 is 5.73 Å². The summed E-state index contributed by atoms with van der Waals surface area (Å²) >= 11 is 4.83. The summed E-state index contributed by atoms with van der Waals surface area (Å²) in [5, 5.41) is 12.1. The van der Waals surface area contributed by atoms with Crippen molar-refractivity contribution in [3.05, 3.63) is 22.0 Å². The lowest BCUT2D eigenvalue weighted by atomic mass is 10.2. The Bertz CT molecular complexity index is 438. The van der Waals surface area contributed by atoms with Gasteiger partial charge in [-0.05, 0) is 12.1 Å². The SMILES string of the molecule is Nc1csc2cc(Br)cc(O)c12. The van der Waals surface area contributed by atoms with Gasteiger partial charge < -0.3 is 10.8 Å². The molecule has 3 N–H and O–H groups in total. The first-order valence-electron chi connectivity index (χ1n) is 3.33. The van der Waals surface area contributed by atoms with Crippen LogP contribution in [0.25, 0.3) is 10.1 Å². The van der Waals surface area contributed by atoms with E-state index in [0.29, 0.717) is 5.69 Å². The molecule has 0 aliphatic carbocycles. The Morgan fingerprint density at radius 3 is 2.92 bits per heavy atom. The molecule has 4 heteroatoms. The third kappa shape index (κ3) is 1.07. The molecule has 0 amide bonds. The molecule has 62 valence electrons. The van der Waals surface area contributed by atoms with Crippen molar-refractivity contribution in [2.75, 3.05) is 5.73 Å². The number of hydrogen-bond acceptors (Lipinski definition) is 3. The number of phenolic OH excluding ortho intramolecular Hbond substituents is 1. The van der Waals surface area contributed by atoms with Crippen LogP contribution in [0.2, 0.25) is 0 Å². The zero-order valence-corrected chi connectivity index (χ0v) is 8.45. The smallest absolute Gasteiger partial charge is 0.127 e. The molecule has 1 heterocycles. The second-order valence-electron chi connectivity index (χ2n) is 2.49. The fourth-order valence-corrected chi connectivity index (χ4v) is 2.64. The normalized spacial score (nSPS) is 10.8. The molecule has 2 aromatic rings. The van der Waals surface area contributed by atoms with E-state index in [-0.39, 0.29) is 5.75 Å². The average Bonchev–Trinajstić information content (AvgIpc) is 2.31. The summed E-state index contributed by atoms with van der Waals surface area (Å²) in [7, 11) is 0. The van der Waals surface area contributed by atoms with Gasteiger partial charge in [0.25, 0.3) is 0 Å². The zero-order chi connectivity index (χ0) is 8.72. The van der Waals surface area contributed by atoms with Crippen LogP contribution in [0.1, 0.15) is 0 Å². The molecule has 0 aliphatic rings. The fraction of sp³-hybridized carbons (Fsp3) is 0. The number of rotatable bonds is 0. The highest BCUT2D eigenvalue weighted by atomic mass is 79.9. The third-order valence-electron chi connectivity index (χ3n) is 1.65. The molecule has 2 rings (SSSR count). The number of hydrogen-bond donors (Lipinski definition) is 2. The lowest BCUT2D eigenvalue weighted by Crippen LogP contribution is -1.80. The first kappa shape index (κ1) is 7.89. The molecule has 0 spiro atoms. The first-order chi connectivity index (χ1) is 5.68. The molecular formula is C8H6BrNOS. The minimum atomic E-state index is 0.234. The van der Waals surface area contributed by atoms with Crippen LogP contribution in [-0.2, 0) is 0 Å². The summed E-state index contributed by atoms with van der Waals surface area (Å²) in [5.74, 6) is 0.234. The van der Waals surface area contributed by atoms with Gasteiger partial charge >= 0.3 is 0 Å². The van der Waals surface area contributed by atoms with Gasteiger partial charge in [0.1, 0.15) is 5.75 Å². The molecule has 12 heavy (non-hydrogen) atoms. The van der Waals surface area contributed by atoms with Gasteiger partial charge in [-0.2, -0.15) is 0 Å². The number of fused-ring (bicyclic) bond motifs is 1. The van der Waals surface area contributed by atoms with Gasteiger partial charge in [0.2, 0.25) is 0 Å². The van der Waals surface area contributed by atoms with Crippen molar-refractivity contribution >= 4 is 43.0 Å². The number of nitrogens with two attached hydrogens (primary N) is 1. The molecule has 0 aliphatic heterocycles. The number of nitrogen functional groups attached to an aromatic ring is 1. The molecule has 0 saturated heterocycles. The van der Waals surface area contributed by atoms with Crippen molar-refractivity contribution in [2.24, 2.45) is 0 Å². The second-order valence-corrected chi connectivity index (χ2v) is 4.32. The lowest BCUT2D eigenvalue weighted by molar-refractivity contribution is 0.481. The van der Waals surface area contributed by atoms with E-state index >= 15 is 0 Å². The molecule has 1 aromatic carbocycles. The summed E-state index contributed by atoms with van der Waals surface area (Å²) in [4.78, 5) is 0. The van der Waals surface area contributed by atoms with Crippen molar-refractivity contribution in [2.45, 2.75) is 0 Å². The number of halogens is 1. The Morgan fingerprint density at radius 1 is 1.42 bits per heavy atom. The average molecular weight is 244 g/mol. The van der Waals surface area contributed by atoms with Crippen LogP contribution in [0.15, 0.2) is 22.0 Å². The van der Waals surface area contributed by atoms with Gasteiger partial charge in [-0.25, -0.2) is 0 Å². The summed E-state index contributed by atoms with van der Waals surface area (Å²) < 4.78 is 1.87. The van der Waals surface area contributed by atoms with Crippen LogP contribution in [0, 0.1) is 0 Å². The number of thiophene rings is 1. The van der Waals surface area contributed by atoms with Crippen LogP contribution >= 0.6 is 27.3 Å². The van der Waals surface area contributed by atoms with Crippen LogP contribution in [0.4, 0.5) is 5.69 Å². The molecule has 0 bridgehead atoms. The quantitative estimate of drug-likeness (QED) is 0.748. The summed E-state index contributed by atoms with van der Waals surface area (Å²) in [6.07, 6.45) is 0.